The van der Waals surface area contributed by atoms with Crippen LogP contribution in [0.3, 0.4) is 0 Å². The molecule has 0 bridgehead atoms. The van der Waals surface area contributed by atoms with E-state index in [1.165, 1.54) is 0 Å². The van der Waals surface area contributed by atoms with Gasteiger partial charge in [-0.15, -0.1) is 0 Å². The van der Waals surface area contributed by atoms with Gasteiger partial charge in [-0.1, -0.05) is 24.3 Å². The SMILES string of the molecule is CC1=NN(C(C)C)C(=O)C1=C1C=CCC=C1. The molecule has 0 N–H and O–H groups in total. The minimum atomic E-state index is 0.0127. The van der Waals surface area contributed by atoms with E-state index in [9.17, 15) is 4.79 Å². The Labute approximate surface area is 95.8 Å². The van der Waals surface area contributed by atoms with E-state index < -0.39 is 0 Å². The highest BCUT2D eigenvalue weighted by atomic mass is 16.2. The molecule has 2 aliphatic rings. The molecule has 0 aromatic carbocycles. The van der Waals surface area contributed by atoms with Gasteiger partial charge in [0, 0.05) is 0 Å². The minimum Gasteiger partial charge on any atom is -0.267 e. The summed E-state index contributed by atoms with van der Waals surface area (Å²) in [6, 6.07) is 0.108. The first kappa shape index (κ1) is 10.9. The fourth-order valence-corrected chi connectivity index (χ4v) is 1.90. The lowest BCUT2D eigenvalue weighted by Crippen LogP contribution is -2.29. The van der Waals surface area contributed by atoms with Gasteiger partial charge in [0.25, 0.3) is 5.91 Å². The Morgan fingerprint density at radius 1 is 1.31 bits per heavy atom. The van der Waals surface area contributed by atoms with E-state index in [4.69, 9.17) is 0 Å². The molecule has 0 fully saturated rings. The Kier molecular flexibility index (Phi) is 2.77. The summed E-state index contributed by atoms with van der Waals surface area (Å²) in [4.78, 5) is 12.1. The molecule has 0 unspecified atom stereocenters. The fraction of sp³-hybridized carbons (Fsp3) is 0.385. The largest absolute Gasteiger partial charge is 0.276 e. The van der Waals surface area contributed by atoms with E-state index in [0.717, 1.165) is 23.3 Å². The van der Waals surface area contributed by atoms with Gasteiger partial charge >= 0.3 is 0 Å². The summed E-state index contributed by atoms with van der Waals surface area (Å²) < 4.78 is 0. The van der Waals surface area contributed by atoms with Crippen LogP contribution < -0.4 is 0 Å². The second-order valence-corrected chi connectivity index (χ2v) is 4.30. The molecule has 0 saturated carbocycles. The first-order chi connectivity index (χ1) is 7.61. The number of nitrogens with zero attached hydrogens (tertiary/aromatic N) is 2. The highest BCUT2D eigenvalue weighted by Crippen LogP contribution is 2.23. The molecule has 84 valence electrons. The van der Waals surface area contributed by atoms with Gasteiger partial charge in [-0.05, 0) is 32.8 Å². The predicted octanol–water partition coefficient (Wildman–Crippen LogP) is 2.43. The minimum absolute atomic E-state index is 0.0127. The number of hydrazone groups is 1. The fourth-order valence-electron chi connectivity index (χ4n) is 1.90. The zero-order valence-electron chi connectivity index (χ0n) is 9.90. The van der Waals surface area contributed by atoms with Crippen LogP contribution in [-0.4, -0.2) is 22.7 Å². The summed E-state index contributed by atoms with van der Waals surface area (Å²) in [5.74, 6) is 0.0127. The molecule has 1 aliphatic carbocycles. The summed E-state index contributed by atoms with van der Waals surface area (Å²) in [6.07, 6.45) is 9.04. The Morgan fingerprint density at radius 3 is 2.44 bits per heavy atom. The van der Waals surface area contributed by atoms with Gasteiger partial charge in [-0.2, -0.15) is 5.10 Å². The van der Waals surface area contributed by atoms with Gasteiger partial charge in [0.15, 0.2) is 0 Å². The average Bonchev–Trinajstić information content (AvgIpc) is 2.56. The molecule has 1 amide bonds. The van der Waals surface area contributed by atoms with Crippen LogP contribution in [0.5, 0.6) is 0 Å². The second kappa shape index (κ2) is 4.08. The Hall–Kier alpha value is -1.64. The number of allylic oxidation sites excluding steroid dienone is 5. The lowest BCUT2D eigenvalue weighted by Gasteiger charge is -2.16. The summed E-state index contributed by atoms with van der Waals surface area (Å²) in [7, 11) is 0. The molecular formula is C13H16N2O. The number of carbonyl (C=O) groups is 1. The van der Waals surface area contributed by atoms with Crippen LogP contribution in [0.4, 0.5) is 0 Å². The van der Waals surface area contributed by atoms with Crippen molar-refractivity contribution in [1.29, 1.82) is 0 Å². The van der Waals surface area contributed by atoms with Gasteiger partial charge in [0.2, 0.25) is 0 Å². The summed E-state index contributed by atoms with van der Waals surface area (Å²) in [5, 5.41) is 5.85. The highest BCUT2D eigenvalue weighted by Gasteiger charge is 2.30. The van der Waals surface area contributed by atoms with E-state index in [0.29, 0.717) is 0 Å². The smallest absolute Gasteiger partial charge is 0.267 e. The number of rotatable bonds is 1. The topological polar surface area (TPSA) is 32.7 Å². The molecule has 1 heterocycles. The van der Waals surface area contributed by atoms with E-state index in [2.05, 4.69) is 17.3 Å². The molecular weight excluding hydrogens is 200 g/mol. The van der Waals surface area contributed by atoms with Crippen LogP contribution in [-0.2, 0) is 4.79 Å². The molecule has 0 radical (unpaired) electrons. The second-order valence-electron chi connectivity index (χ2n) is 4.30. The lowest BCUT2D eigenvalue weighted by molar-refractivity contribution is -0.127. The molecule has 1 aliphatic heterocycles. The van der Waals surface area contributed by atoms with Gasteiger partial charge in [-0.25, -0.2) is 5.01 Å². The molecule has 0 aromatic heterocycles. The maximum absolute atomic E-state index is 12.1. The maximum atomic E-state index is 12.1. The third-order valence-electron chi connectivity index (χ3n) is 2.69. The molecule has 16 heavy (non-hydrogen) atoms. The number of hydrogen-bond donors (Lipinski definition) is 0. The zero-order valence-corrected chi connectivity index (χ0v) is 9.90. The first-order valence-corrected chi connectivity index (χ1v) is 5.57. The van der Waals surface area contributed by atoms with Crippen molar-refractivity contribution in [3.63, 3.8) is 0 Å². The zero-order chi connectivity index (χ0) is 11.7. The van der Waals surface area contributed by atoms with Crippen molar-refractivity contribution >= 4 is 11.6 Å². The Morgan fingerprint density at radius 2 is 1.94 bits per heavy atom. The summed E-state index contributed by atoms with van der Waals surface area (Å²) in [5.41, 5.74) is 2.52. The number of hydrogen-bond acceptors (Lipinski definition) is 2. The van der Waals surface area contributed by atoms with Gasteiger partial charge in [-0.3, -0.25) is 4.79 Å². The molecule has 0 saturated heterocycles. The van der Waals surface area contributed by atoms with Crippen molar-refractivity contribution < 1.29 is 4.79 Å². The standard InChI is InChI=1S/C13H16N2O/c1-9(2)15-13(16)12(10(3)14-15)11-7-5-4-6-8-11/h5-9H,4H2,1-3H3. The van der Waals surface area contributed by atoms with E-state index in [1.54, 1.807) is 5.01 Å². The lowest BCUT2D eigenvalue weighted by atomic mass is 10.00. The van der Waals surface area contributed by atoms with Gasteiger partial charge in [0.1, 0.15) is 0 Å². The molecule has 3 heteroatoms. The van der Waals surface area contributed by atoms with E-state index >= 15 is 0 Å². The highest BCUT2D eigenvalue weighted by molar-refractivity contribution is 6.25. The van der Waals surface area contributed by atoms with E-state index in [1.807, 2.05) is 32.9 Å². The van der Waals surface area contributed by atoms with Crippen LogP contribution in [0.15, 0.2) is 40.6 Å². The normalized spacial score (nSPS) is 20.1. The van der Waals surface area contributed by atoms with Crippen LogP contribution >= 0.6 is 0 Å². The summed E-state index contributed by atoms with van der Waals surface area (Å²) >= 11 is 0. The molecule has 0 aromatic rings. The van der Waals surface area contributed by atoms with Crippen molar-refractivity contribution in [1.82, 2.24) is 5.01 Å². The van der Waals surface area contributed by atoms with Gasteiger partial charge < -0.3 is 0 Å². The van der Waals surface area contributed by atoms with Crippen LogP contribution in [0, 0.1) is 0 Å². The molecule has 2 rings (SSSR count). The number of carbonyl (C=O) groups excluding carboxylic acids is 1. The van der Waals surface area contributed by atoms with Crippen molar-refractivity contribution in [2.75, 3.05) is 0 Å². The molecule has 3 nitrogen and oxygen atoms in total. The third-order valence-corrected chi connectivity index (χ3v) is 2.69. The Bertz CT molecular complexity index is 425. The van der Waals surface area contributed by atoms with E-state index in [-0.39, 0.29) is 11.9 Å². The van der Waals surface area contributed by atoms with Crippen LogP contribution in [0.2, 0.25) is 0 Å². The first-order valence-electron chi connectivity index (χ1n) is 5.57. The third kappa shape index (κ3) is 1.73. The quantitative estimate of drug-likeness (QED) is 0.619. The van der Waals surface area contributed by atoms with Crippen molar-refractivity contribution in [3.05, 3.63) is 35.5 Å². The summed E-state index contributed by atoms with van der Waals surface area (Å²) in [6.45, 7) is 5.82. The average molecular weight is 216 g/mol. The maximum Gasteiger partial charge on any atom is 0.276 e. The predicted molar refractivity (Wildman–Crippen MR) is 65.0 cm³/mol. The monoisotopic (exact) mass is 216 g/mol. The van der Waals surface area contributed by atoms with Crippen LogP contribution in [0.1, 0.15) is 27.2 Å². The van der Waals surface area contributed by atoms with Gasteiger partial charge in [0.05, 0.1) is 17.3 Å². The van der Waals surface area contributed by atoms with Crippen molar-refractivity contribution in [2.24, 2.45) is 5.10 Å². The van der Waals surface area contributed by atoms with Crippen LogP contribution in [0.25, 0.3) is 0 Å². The van der Waals surface area contributed by atoms with Crippen molar-refractivity contribution in [3.8, 4) is 0 Å². The van der Waals surface area contributed by atoms with Crippen molar-refractivity contribution in [2.45, 2.75) is 33.2 Å². The number of amides is 1. The molecule has 0 atom stereocenters. The molecule has 0 spiro atoms. The Balaban J connectivity index is 2.42.